The summed E-state index contributed by atoms with van der Waals surface area (Å²) < 4.78 is 31.7. The summed E-state index contributed by atoms with van der Waals surface area (Å²) in [5, 5.41) is 9.26. The predicted octanol–water partition coefficient (Wildman–Crippen LogP) is 6.68. The zero-order valence-electron chi connectivity index (χ0n) is 21.4. The molecule has 1 N–H and O–H groups in total. The Morgan fingerprint density at radius 2 is 1.83 bits per heavy atom. The van der Waals surface area contributed by atoms with E-state index in [2.05, 4.69) is 11.1 Å². The first-order valence-corrected chi connectivity index (χ1v) is 13.1. The third-order valence-corrected chi connectivity index (χ3v) is 7.51. The summed E-state index contributed by atoms with van der Waals surface area (Å²) in [5.41, 5.74) is 1.07. The van der Waals surface area contributed by atoms with Crippen molar-refractivity contribution in [3.05, 3.63) is 47.7 Å². The molecule has 0 spiro atoms. The molecule has 1 atom stereocenters. The predicted molar refractivity (Wildman–Crippen MR) is 136 cm³/mol. The van der Waals surface area contributed by atoms with Crippen LogP contribution in [-0.2, 0) is 4.79 Å². The lowest BCUT2D eigenvalue weighted by Crippen LogP contribution is -2.25. The second kappa shape index (κ2) is 11.9. The molecule has 7 heteroatoms. The van der Waals surface area contributed by atoms with Crippen LogP contribution < -0.4 is 14.2 Å². The van der Waals surface area contributed by atoms with Gasteiger partial charge in [0, 0.05) is 18.3 Å². The van der Waals surface area contributed by atoms with E-state index in [-0.39, 0.29) is 12.3 Å². The van der Waals surface area contributed by atoms with E-state index in [1.54, 1.807) is 20.2 Å². The number of alkyl halides is 1. The van der Waals surface area contributed by atoms with Crippen LogP contribution in [0, 0.1) is 5.92 Å². The lowest BCUT2D eigenvalue weighted by Gasteiger charge is -2.32. The topological polar surface area (TPSA) is 77.9 Å². The molecule has 0 radical (unpaired) electrons. The molecule has 196 valence electrons. The number of aromatic nitrogens is 1. The van der Waals surface area contributed by atoms with Crippen LogP contribution in [0.2, 0.25) is 0 Å². The average molecular weight is 500 g/mol. The first-order chi connectivity index (χ1) is 17.3. The van der Waals surface area contributed by atoms with Gasteiger partial charge in [-0.1, -0.05) is 6.07 Å². The second-order valence-corrected chi connectivity index (χ2v) is 10.5. The minimum absolute atomic E-state index is 0.0288. The van der Waals surface area contributed by atoms with Gasteiger partial charge in [-0.05, 0) is 99.3 Å². The molecule has 4 rings (SSSR count). The number of unbranched alkanes of at least 4 members (excludes halogenated alkanes) is 1. The number of carboxylic acid groups (broad SMARTS) is 1. The average Bonchev–Trinajstić information content (AvgIpc) is 3.70. The van der Waals surface area contributed by atoms with E-state index in [4.69, 9.17) is 14.2 Å². The standard InChI is InChI=1S/C29H38FNO5/c1-29(30)12-9-21(10-13-29)24-8-7-23(34-2)18-26(24)35-15-3-4-16-36-27-17-22(11-14-31-27)25(19-28(32)33)20-5-6-20/h7-8,11,14,17-18,20-21,25H,3-6,9-10,12-13,15-16,19H2,1-2H3,(H,32,33). The summed E-state index contributed by atoms with van der Waals surface area (Å²) in [7, 11) is 1.64. The Labute approximate surface area is 213 Å². The van der Waals surface area contributed by atoms with Crippen molar-refractivity contribution in [1.82, 2.24) is 4.98 Å². The third-order valence-electron chi connectivity index (χ3n) is 7.51. The van der Waals surface area contributed by atoms with Gasteiger partial charge in [-0.3, -0.25) is 4.79 Å². The van der Waals surface area contributed by atoms with Gasteiger partial charge >= 0.3 is 5.97 Å². The number of nitrogens with zero attached hydrogens (tertiary/aromatic N) is 1. The fourth-order valence-corrected chi connectivity index (χ4v) is 5.18. The lowest BCUT2D eigenvalue weighted by molar-refractivity contribution is -0.137. The number of hydrogen-bond donors (Lipinski definition) is 1. The van der Waals surface area contributed by atoms with Crippen LogP contribution in [0.5, 0.6) is 17.4 Å². The van der Waals surface area contributed by atoms with Gasteiger partial charge in [0.05, 0.1) is 26.7 Å². The van der Waals surface area contributed by atoms with E-state index < -0.39 is 11.6 Å². The van der Waals surface area contributed by atoms with Gasteiger partial charge in [0.1, 0.15) is 17.2 Å². The van der Waals surface area contributed by atoms with E-state index in [0.29, 0.717) is 43.8 Å². The van der Waals surface area contributed by atoms with Crippen LogP contribution >= 0.6 is 0 Å². The van der Waals surface area contributed by atoms with Crippen LogP contribution in [0.25, 0.3) is 0 Å². The van der Waals surface area contributed by atoms with Crippen LogP contribution in [0.1, 0.15) is 87.7 Å². The van der Waals surface area contributed by atoms with E-state index in [1.165, 1.54) is 0 Å². The normalized spacial score (nSPS) is 22.6. The smallest absolute Gasteiger partial charge is 0.303 e. The number of halogens is 1. The molecule has 1 heterocycles. The maximum atomic E-state index is 14.3. The zero-order chi connectivity index (χ0) is 25.5. The highest BCUT2D eigenvalue weighted by atomic mass is 19.1. The molecule has 2 saturated carbocycles. The van der Waals surface area contributed by atoms with Crippen LogP contribution in [0.15, 0.2) is 36.5 Å². The number of methoxy groups -OCH3 is 1. The molecule has 0 saturated heterocycles. The van der Waals surface area contributed by atoms with Crippen molar-refractivity contribution in [2.24, 2.45) is 5.92 Å². The van der Waals surface area contributed by atoms with E-state index in [1.807, 2.05) is 24.3 Å². The maximum absolute atomic E-state index is 14.3. The fourth-order valence-electron chi connectivity index (χ4n) is 5.18. The second-order valence-electron chi connectivity index (χ2n) is 10.5. The largest absolute Gasteiger partial charge is 0.497 e. The highest BCUT2D eigenvalue weighted by Crippen LogP contribution is 2.45. The molecule has 1 aromatic heterocycles. The van der Waals surface area contributed by atoms with Crippen molar-refractivity contribution in [3.8, 4) is 17.4 Å². The molecule has 2 fully saturated rings. The van der Waals surface area contributed by atoms with Crippen molar-refractivity contribution >= 4 is 5.97 Å². The van der Waals surface area contributed by atoms with Gasteiger partial charge < -0.3 is 19.3 Å². The van der Waals surface area contributed by atoms with Crippen molar-refractivity contribution in [3.63, 3.8) is 0 Å². The SMILES string of the molecule is COc1ccc(C2CCC(C)(F)CC2)c(OCCCCOc2cc(C(CC(=O)O)C3CC3)ccn2)c1. The van der Waals surface area contributed by atoms with Gasteiger partial charge in [0.25, 0.3) is 0 Å². The molecule has 0 bridgehead atoms. The van der Waals surface area contributed by atoms with E-state index in [0.717, 1.165) is 61.2 Å². The molecule has 0 aliphatic heterocycles. The summed E-state index contributed by atoms with van der Waals surface area (Å²) in [6.45, 7) is 2.76. The quantitative estimate of drug-likeness (QED) is 0.310. The minimum Gasteiger partial charge on any atom is -0.497 e. The monoisotopic (exact) mass is 499 g/mol. The lowest BCUT2D eigenvalue weighted by atomic mass is 9.77. The van der Waals surface area contributed by atoms with Crippen LogP contribution in [0.3, 0.4) is 0 Å². The fraction of sp³-hybridized carbons (Fsp3) is 0.586. The summed E-state index contributed by atoms with van der Waals surface area (Å²) in [6.07, 6.45) is 8.43. The number of benzene rings is 1. The van der Waals surface area contributed by atoms with Crippen molar-refractivity contribution in [2.75, 3.05) is 20.3 Å². The molecular weight excluding hydrogens is 461 g/mol. The Kier molecular flexibility index (Phi) is 8.70. The van der Waals surface area contributed by atoms with Gasteiger partial charge in [0.2, 0.25) is 5.88 Å². The molecule has 2 aliphatic rings. The molecule has 36 heavy (non-hydrogen) atoms. The summed E-state index contributed by atoms with van der Waals surface area (Å²) in [4.78, 5) is 15.6. The first-order valence-electron chi connectivity index (χ1n) is 13.1. The number of carbonyl (C=O) groups is 1. The minimum atomic E-state index is -1.06. The van der Waals surface area contributed by atoms with E-state index >= 15 is 0 Å². The molecule has 6 nitrogen and oxygen atoms in total. The Bertz CT molecular complexity index is 1010. The third kappa shape index (κ3) is 7.34. The highest BCUT2D eigenvalue weighted by molar-refractivity contribution is 5.68. The Morgan fingerprint density at radius 1 is 1.11 bits per heavy atom. The van der Waals surface area contributed by atoms with Gasteiger partial charge in [-0.25, -0.2) is 9.37 Å². The zero-order valence-corrected chi connectivity index (χ0v) is 21.4. The Hall–Kier alpha value is -2.83. The molecule has 1 unspecified atom stereocenters. The number of rotatable bonds is 13. The molecular formula is C29H38FNO5. The summed E-state index contributed by atoms with van der Waals surface area (Å²) in [5.74, 6) is 2.12. The molecule has 2 aliphatic carbocycles. The number of pyridine rings is 1. The summed E-state index contributed by atoms with van der Waals surface area (Å²) >= 11 is 0. The number of ether oxygens (including phenoxy) is 3. The van der Waals surface area contributed by atoms with E-state index in [9.17, 15) is 14.3 Å². The molecule has 1 aromatic carbocycles. The molecule has 0 amide bonds. The number of aliphatic carboxylic acids is 1. The van der Waals surface area contributed by atoms with Crippen molar-refractivity contribution in [1.29, 1.82) is 0 Å². The van der Waals surface area contributed by atoms with Crippen molar-refractivity contribution in [2.45, 2.75) is 82.2 Å². The van der Waals surface area contributed by atoms with Crippen LogP contribution in [0.4, 0.5) is 4.39 Å². The Balaban J connectivity index is 1.25. The molecule has 2 aromatic rings. The van der Waals surface area contributed by atoms with Gasteiger partial charge in [-0.15, -0.1) is 0 Å². The first kappa shape index (κ1) is 26.2. The highest BCUT2D eigenvalue weighted by Gasteiger charge is 2.34. The van der Waals surface area contributed by atoms with Gasteiger partial charge in [0.15, 0.2) is 0 Å². The summed E-state index contributed by atoms with van der Waals surface area (Å²) in [6, 6.07) is 9.72. The number of hydrogen-bond acceptors (Lipinski definition) is 5. The van der Waals surface area contributed by atoms with Crippen molar-refractivity contribution < 1.29 is 28.5 Å². The maximum Gasteiger partial charge on any atom is 0.303 e. The van der Waals surface area contributed by atoms with Crippen LogP contribution in [-0.4, -0.2) is 42.1 Å². The Morgan fingerprint density at radius 3 is 2.50 bits per heavy atom. The number of carboxylic acids is 1. The van der Waals surface area contributed by atoms with Gasteiger partial charge in [-0.2, -0.15) is 0 Å².